The predicted molar refractivity (Wildman–Crippen MR) is 91.1 cm³/mol. The summed E-state index contributed by atoms with van der Waals surface area (Å²) in [6, 6.07) is 5.91. The minimum absolute atomic E-state index is 0.112. The number of nitrogens with zero attached hydrogens (tertiary/aromatic N) is 2. The van der Waals surface area contributed by atoms with E-state index < -0.39 is 0 Å². The Morgan fingerprint density at radius 2 is 1.88 bits per heavy atom. The molecular weight excluding hydrogens is 306 g/mol. The SMILES string of the molecule is Cc1cccc(C)c1OC1CCN(CC(=O)N2CCNC2=O)CC1. The number of rotatable bonds is 4. The van der Waals surface area contributed by atoms with E-state index in [2.05, 4.69) is 36.2 Å². The van der Waals surface area contributed by atoms with Crippen LogP contribution in [0.25, 0.3) is 0 Å². The summed E-state index contributed by atoms with van der Waals surface area (Å²) < 4.78 is 6.20. The molecule has 0 radical (unpaired) electrons. The highest BCUT2D eigenvalue weighted by Gasteiger charge is 2.29. The van der Waals surface area contributed by atoms with Crippen molar-refractivity contribution in [3.05, 3.63) is 29.3 Å². The first-order chi connectivity index (χ1) is 11.5. The lowest BCUT2D eigenvalue weighted by atomic mass is 10.1. The normalized spacial score (nSPS) is 19.4. The number of nitrogens with one attached hydrogen (secondary N) is 1. The topological polar surface area (TPSA) is 61.9 Å². The molecule has 0 saturated carbocycles. The Bertz CT molecular complexity index is 604. The van der Waals surface area contributed by atoms with Gasteiger partial charge in [-0.1, -0.05) is 18.2 Å². The lowest BCUT2D eigenvalue weighted by Gasteiger charge is -2.32. The number of piperidine rings is 1. The molecule has 0 aliphatic carbocycles. The van der Waals surface area contributed by atoms with E-state index in [1.807, 2.05) is 6.07 Å². The molecule has 2 aliphatic heterocycles. The summed E-state index contributed by atoms with van der Waals surface area (Å²) in [5.41, 5.74) is 2.32. The van der Waals surface area contributed by atoms with E-state index in [-0.39, 0.29) is 18.0 Å². The number of benzene rings is 1. The third-order valence-corrected chi connectivity index (χ3v) is 4.74. The fraction of sp³-hybridized carbons (Fsp3) is 0.556. The van der Waals surface area contributed by atoms with Crippen LogP contribution in [0.5, 0.6) is 5.75 Å². The minimum atomic E-state index is -0.270. The summed E-state index contributed by atoms with van der Waals surface area (Å²) in [6.45, 7) is 7.10. The van der Waals surface area contributed by atoms with Crippen LogP contribution in [0.15, 0.2) is 18.2 Å². The molecule has 1 aromatic rings. The molecule has 0 atom stereocenters. The van der Waals surface area contributed by atoms with Gasteiger partial charge < -0.3 is 10.1 Å². The van der Waals surface area contributed by atoms with E-state index >= 15 is 0 Å². The predicted octanol–water partition coefficient (Wildman–Crippen LogP) is 1.70. The Morgan fingerprint density at radius 3 is 2.46 bits per heavy atom. The van der Waals surface area contributed by atoms with Crippen molar-refractivity contribution in [3.63, 3.8) is 0 Å². The Balaban J connectivity index is 1.49. The molecule has 0 spiro atoms. The summed E-state index contributed by atoms with van der Waals surface area (Å²) in [4.78, 5) is 27.1. The highest BCUT2D eigenvalue weighted by atomic mass is 16.5. The average molecular weight is 331 g/mol. The number of para-hydroxylation sites is 1. The maximum absolute atomic E-state index is 12.2. The van der Waals surface area contributed by atoms with E-state index in [9.17, 15) is 9.59 Å². The van der Waals surface area contributed by atoms with Crippen molar-refractivity contribution in [1.29, 1.82) is 0 Å². The van der Waals surface area contributed by atoms with E-state index in [4.69, 9.17) is 4.74 Å². The van der Waals surface area contributed by atoms with Crippen LogP contribution in [-0.2, 0) is 4.79 Å². The number of amides is 3. The molecule has 130 valence electrons. The summed E-state index contributed by atoms with van der Waals surface area (Å²) in [5.74, 6) is 0.875. The quantitative estimate of drug-likeness (QED) is 0.912. The standard InChI is InChI=1S/C18H25N3O3/c1-13-4-3-5-14(2)17(13)24-15-6-9-20(10-7-15)12-16(22)21-11-8-19-18(21)23/h3-5,15H,6-12H2,1-2H3,(H,19,23). The molecule has 0 bridgehead atoms. The van der Waals surface area contributed by atoms with E-state index in [0.29, 0.717) is 19.6 Å². The molecule has 24 heavy (non-hydrogen) atoms. The second-order valence-electron chi connectivity index (χ2n) is 6.59. The first-order valence-corrected chi connectivity index (χ1v) is 8.58. The number of carbonyl (C=O) groups is 2. The molecular formula is C18H25N3O3. The molecule has 0 unspecified atom stereocenters. The summed E-state index contributed by atoms with van der Waals surface area (Å²) in [7, 11) is 0. The van der Waals surface area contributed by atoms with Gasteiger partial charge in [-0.2, -0.15) is 0 Å². The first kappa shape index (κ1) is 16.8. The Morgan fingerprint density at radius 1 is 1.21 bits per heavy atom. The van der Waals surface area contributed by atoms with Crippen molar-refractivity contribution in [2.45, 2.75) is 32.8 Å². The number of carbonyl (C=O) groups excluding carboxylic acids is 2. The summed E-state index contributed by atoms with van der Waals surface area (Å²) in [5, 5.41) is 2.66. The van der Waals surface area contributed by atoms with Gasteiger partial charge in [0, 0.05) is 26.2 Å². The highest BCUT2D eigenvalue weighted by molar-refractivity contribution is 5.96. The van der Waals surface area contributed by atoms with Crippen molar-refractivity contribution in [2.24, 2.45) is 0 Å². The average Bonchev–Trinajstić information content (AvgIpc) is 2.99. The number of likely N-dealkylation sites (tertiary alicyclic amines) is 1. The molecule has 2 fully saturated rings. The van der Waals surface area contributed by atoms with Crippen molar-refractivity contribution < 1.29 is 14.3 Å². The van der Waals surface area contributed by atoms with Gasteiger partial charge in [-0.3, -0.25) is 14.6 Å². The van der Waals surface area contributed by atoms with Gasteiger partial charge in [0.25, 0.3) is 0 Å². The summed E-state index contributed by atoms with van der Waals surface area (Å²) in [6.07, 6.45) is 1.98. The van der Waals surface area contributed by atoms with E-state index in [1.165, 1.54) is 4.90 Å². The monoisotopic (exact) mass is 331 g/mol. The second kappa shape index (κ2) is 7.21. The van der Waals surface area contributed by atoms with Crippen LogP contribution in [0, 0.1) is 13.8 Å². The smallest absolute Gasteiger partial charge is 0.324 e. The molecule has 0 aromatic heterocycles. The van der Waals surface area contributed by atoms with Crippen molar-refractivity contribution in [1.82, 2.24) is 15.1 Å². The van der Waals surface area contributed by atoms with Gasteiger partial charge in [0.15, 0.2) is 0 Å². The molecule has 1 aromatic carbocycles. The number of hydrogen-bond donors (Lipinski definition) is 1. The van der Waals surface area contributed by atoms with Crippen molar-refractivity contribution in [2.75, 3.05) is 32.7 Å². The number of ether oxygens (including phenoxy) is 1. The zero-order valence-electron chi connectivity index (χ0n) is 14.4. The highest BCUT2D eigenvalue weighted by Crippen LogP contribution is 2.26. The lowest BCUT2D eigenvalue weighted by Crippen LogP contribution is -2.46. The van der Waals surface area contributed by atoms with Crippen molar-refractivity contribution >= 4 is 11.9 Å². The van der Waals surface area contributed by atoms with E-state index in [0.717, 1.165) is 42.8 Å². The molecule has 6 nitrogen and oxygen atoms in total. The Labute approximate surface area is 142 Å². The van der Waals surface area contributed by atoms with Crippen molar-refractivity contribution in [3.8, 4) is 5.75 Å². The zero-order chi connectivity index (χ0) is 17.1. The fourth-order valence-electron chi connectivity index (χ4n) is 3.32. The zero-order valence-corrected chi connectivity index (χ0v) is 14.4. The van der Waals surface area contributed by atoms with Crippen LogP contribution in [0.3, 0.4) is 0 Å². The molecule has 3 rings (SSSR count). The Kier molecular flexibility index (Phi) is 5.04. The molecule has 3 amide bonds. The number of aryl methyl sites for hydroxylation is 2. The van der Waals surface area contributed by atoms with Gasteiger partial charge in [-0.25, -0.2) is 4.79 Å². The van der Waals surface area contributed by atoms with Gasteiger partial charge in [-0.15, -0.1) is 0 Å². The largest absolute Gasteiger partial charge is 0.490 e. The fourth-order valence-corrected chi connectivity index (χ4v) is 3.32. The summed E-state index contributed by atoms with van der Waals surface area (Å²) >= 11 is 0. The molecule has 2 saturated heterocycles. The van der Waals surface area contributed by atoms with Crippen LogP contribution < -0.4 is 10.1 Å². The van der Waals surface area contributed by atoms with Crippen LogP contribution in [0.4, 0.5) is 4.79 Å². The van der Waals surface area contributed by atoms with Gasteiger partial charge in [0.1, 0.15) is 11.9 Å². The molecule has 2 heterocycles. The van der Waals surface area contributed by atoms with Gasteiger partial charge >= 0.3 is 6.03 Å². The minimum Gasteiger partial charge on any atom is -0.490 e. The Hall–Kier alpha value is -2.08. The molecule has 1 N–H and O–H groups in total. The maximum atomic E-state index is 12.2. The number of imide groups is 1. The molecule has 6 heteroatoms. The second-order valence-corrected chi connectivity index (χ2v) is 6.59. The lowest BCUT2D eigenvalue weighted by molar-refractivity contribution is -0.129. The number of hydrogen-bond acceptors (Lipinski definition) is 4. The van der Waals surface area contributed by atoms with Crippen LogP contribution in [-0.4, -0.2) is 60.6 Å². The first-order valence-electron chi connectivity index (χ1n) is 8.58. The van der Waals surface area contributed by atoms with E-state index in [1.54, 1.807) is 0 Å². The number of urea groups is 1. The maximum Gasteiger partial charge on any atom is 0.324 e. The van der Waals surface area contributed by atoms with Crippen LogP contribution >= 0.6 is 0 Å². The van der Waals surface area contributed by atoms with Gasteiger partial charge in [0.05, 0.1) is 6.54 Å². The van der Waals surface area contributed by atoms with Gasteiger partial charge in [-0.05, 0) is 37.8 Å². The molecule has 2 aliphatic rings. The van der Waals surface area contributed by atoms with Crippen LogP contribution in [0.1, 0.15) is 24.0 Å². The third-order valence-electron chi connectivity index (χ3n) is 4.74. The van der Waals surface area contributed by atoms with Crippen LogP contribution in [0.2, 0.25) is 0 Å². The third kappa shape index (κ3) is 3.70. The van der Waals surface area contributed by atoms with Gasteiger partial charge in [0.2, 0.25) is 5.91 Å².